The highest BCUT2D eigenvalue weighted by atomic mass is 19.4. The van der Waals surface area contributed by atoms with Crippen LogP contribution in [0.4, 0.5) is 19.0 Å². The Labute approximate surface area is 105 Å². The predicted molar refractivity (Wildman–Crippen MR) is 63.2 cm³/mol. The summed E-state index contributed by atoms with van der Waals surface area (Å²) in [6, 6.07) is 6.53. The van der Waals surface area contributed by atoms with Gasteiger partial charge in [-0.1, -0.05) is 6.07 Å². The average Bonchev–Trinajstić information content (AvgIpc) is 2.92. The fraction of sp³-hybridized carbons (Fsp3) is 0.0833. The molecule has 0 saturated heterocycles. The van der Waals surface area contributed by atoms with Crippen LogP contribution in [0.5, 0.6) is 0 Å². The fourth-order valence-electron chi connectivity index (χ4n) is 1.80. The van der Waals surface area contributed by atoms with Gasteiger partial charge in [0, 0.05) is 11.5 Å². The smallest absolute Gasteiger partial charge is 0.416 e. The van der Waals surface area contributed by atoms with E-state index in [4.69, 9.17) is 10.2 Å². The third kappa shape index (κ3) is 2.03. The minimum Gasteiger partial charge on any atom is -0.454 e. The maximum absolute atomic E-state index is 12.6. The summed E-state index contributed by atoms with van der Waals surface area (Å²) in [4.78, 5) is 0. The maximum Gasteiger partial charge on any atom is 0.416 e. The summed E-state index contributed by atoms with van der Waals surface area (Å²) in [5.41, 5.74) is 5.39. The predicted octanol–water partition coefficient (Wildman–Crippen LogP) is 3.42. The zero-order valence-corrected chi connectivity index (χ0v) is 9.45. The number of alkyl halides is 3. The lowest BCUT2D eigenvalue weighted by Crippen LogP contribution is -2.03. The van der Waals surface area contributed by atoms with Crippen LogP contribution < -0.4 is 5.73 Å². The molecule has 7 heteroatoms. The first-order chi connectivity index (χ1) is 8.93. The van der Waals surface area contributed by atoms with Crippen LogP contribution in [-0.2, 0) is 6.18 Å². The molecule has 0 saturated carbocycles. The Morgan fingerprint density at radius 2 is 1.95 bits per heavy atom. The molecule has 0 unspecified atom stereocenters. The third-order valence-corrected chi connectivity index (χ3v) is 2.71. The average molecular weight is 267 g/mol. The number of aromatic nitrogens is 2. The van der Waals surface area contributed by atoms with Crippen LogP contribution in [0.15, 0.2) is 34.7 Å². The van der Waals surface area contributed by atoms with Gasteiger partial charge in [-0.15, -0.1) is 0 Å². The maximum atomic E-state index is 12.6. The minimum absolute atomic E-state index is 0.165. The van der Waals surface area contributed by atoms with Crippen molar-refractivity contribution < 1.29 is 17.6 Å². The standard InChI is InChI=1S/C12H8F3N3O/c13-12(14,15)7-2-1-6-3-10(19-9(6)4-7)8-5-11(16)18-17-8/h1-5H,(H3,16,17,18). The van der Waals surface area contributed by atoms with E-state index in [0.29, 0.717) is 16.8 Å². The quantitative estimate of drug-likeness (QED) is 0.709. The summed E-state index contributed by atoms with van der Waals surface area (Å²) in [6.07, 6.45) is -4.39. The second-order valence-corrected chi connectivity index (χ2v) is 4.07. The molecule has 0 spiro atoms. The Bertz CT molecular complexity index is 742. The van der Waals surface area contributed by atoms with E-state index in [1.807, 2.05) is 0 Å². The molecule has 0 aliphatic heterocycles. The number of H-pyrrole nitrogens is 1. The van der Waals surface area contributed by atoms with Crippen LogP contribution in [0, 0.1) is 0 Å². The number of hydrogen-bond donors (Lipinski definition) is 2. The van der Waals surface area contributed by atoms with Gasteiger partial charge in [0.25, 0.3) is 0 Å². The van der Waals surface area contributed by atoms with E-state index in [1.54, 1.807) is 12.1 Å². The molecule has 2 heterocycles. The van der Waals surface area contributed by atoms with Gasteiger partial charge >= 0.3 is 6.18 Å². The lowest BCUT2D eigenvalue weighted by molar-refractivity contribution is -0.137. The zero-order chi connectivity index (χ0) is 13.6. The molecule has 0 bridgehead atoms. The number of hydrogen-bond acceptors (Lipinski definition) is 3. The van der Waals surface area contributed by atoms with Gasteiger partial charge in [0.15, 0.2) is 5.76 Å². The van der Waals surface area contributed by atoms with Gasteiger partial charge in [-0.05, 0) is 18.2 Å². The van der Waals surface area contributed by atoms with Crippen molar-refractivity contribution >= 4 is 16.8 Å². The monoisotopic (exact) mass is 267 g/mol. The summed E-state index contributed by atoms with van der Waals surface area (Å²) in [5.74, 6) is 0.671. The summed E-state index contributed by atoms with van der Waals surface area (Å²) in [6.45, 7) is 0. The molecule has 98 valence electrons. The lowest BCUT2D eigenvalue weighted by Gasteiger charge is -2.04. The second-order valence-electron chi connectivity index (χ2n) is 4.07. The Kier molecular flexibility index (Phi) is 2.31. The highest BCUT2D eigenvalue weighted by Crippen LogP contribution is 2.34. The highest BCUT2D eigenvalue weighted by Gasteiger charge is 2.30. The molecule has 0 aliphatic carbocycles. The Morgan fingerprint density at radius 1 is 1.16 bits per heavy atom. The number of nitrogens with one attached hydrogen (secondary N) is 1. The highest BCUT2D eigenvalue weighted by molar-refractivity contribution is 5.83. The number of furan rings is 1. The zero-order valence-electron chi connectivity index (χ0n) is 9.45. The van der Waals surface area contributed by atoms with Gasteiger partial charge in [0.1, 0.15) is 17.1 Å². The van der Waals surface area contributed by atoms with Crippen LogP contribution in [0.3, 0.4) is 0 Å². The summed E-state index contributed by atoms with van der Waals surface area (Å²) >= 11 is 0. The molecule has 0 radical (unpaired) electrons. The molecule has 0 aliphatic rings. The van der Waals surface area contributed by atoms with Gasteiger partial charge < -0.3 is 10.2 Å². The second kappa shape index (κ2) is 3.78. The van der Waals surface area contributed by atoms with Gasteiger partial charge in [-0.3, -0.25) is 5.10 Å². The van der Waals surface area contributed by atoms with Gasteiger partial charge in [0.05, 0.1) is 5.56 Å². The fourth-order valence-corrected chi connectivity index (χ4v) is 1.80. The van der Waals surface area contributed by atoms with Crippen LogP contribution in [0.25, 0.3) is 22.4 Å². The van der Waals surface area contributed by atoms with Crippen molar-refractivity contribution in [2.24, 2.45) is 0 Å². The normalized spacial score (nSPS) is 12.2. The van der Waals surface area contributed by atoms with Crippen LogP contribution in [0.2, 0.25) is 0 Å². The van der Waals surface area contributed by atoms with Crippen molar-refractivity contribution in [1.82, 2.24) is 10.2 Å². The van der Waals surface area contributed by atoms with E-state index in [1.165, 1.54) is 6.07 Å². The molecular formula is C12H8F3N3O. The molecule has 1 aromatic carbocycles. The number of anilines is 1. The van der Waals surface area contributed by atoms with Crippen molar-refractivity contribution in [2.75, 3.05) is 5.73 Å². The van der Waals surface area contributed by atoms with Crippen molar-refractivity contribution in [3.63, 3.8) is 0 Å². The first kappa shape index (κ1) is 11.6. The Morgan fingerprint density at radius 3 is 2.58 bits per heavy atom. The summed E-state index contributed by atoms with van der Waals surface area (Å²) in [5, 5.41) is 6.95. The molecule has 0 amide bonds. The Balaban J connectivity index is 2.11. The van der Waals surface area contributed by atoms with E-state index in [2.05, 4.69) is 10.2 Å². The topological polar surface area (TPSA) is 67.8 Å². The van der Waals surface area contributed by atoms with Crippen LogP contribution in [-0.4, -0.2) is 10.2 Å². The number of rotatable bonds is 1. The number of nitrogen functional groups attached to an aromatic ring is 1. The van der Waals surface area contributed by atoms with Crippen LogP contribution in [0.1, 0.15) is 5.56 Å². The van der Waals surface area contributed by atoms with E-state index < -0.39 is 11.7 Å². The number of nitrogens with two attached hydrogens (primary N) is 1. The number of nitrogens with zero attached hydrogens (tertiary/aromatic N) is 1. The molecular weight excluding hydrogens is 259 g/mol. The lowest BCUT2D eigenvalue weighted by atomic mass is 10.1. The molecule has 4 nitrogen and oxygen atoms in total. The molecule has 3 N–H and O–H groups in total. The van der Waals surface area contributed by atoms with Crippen molar-refractivity contribution in [1.29, 1.82) is 0 Å². The molecule has 3 rings (SSSR count). The summed E-state index contributed by atoms with van der Waals surface area (Å²) in [7, 11) is 0. The van der Waals surface area contributed by atoms with E-state index in [9.17, 15) is 13.2 Å². The minimum atomic E-state index is -4.39. The van der Waals surface area contributed by atoms with E-state index in [-0.39, 0.29) is 11.4 Å². The number of fused-ring (bicyclic) bond motifs is 1. The molecule has 0 atom stereocenters. The molecule has 3 aromatic rings. The first-order valence-electron chi connectivity index (χ1n) is 5.35. The van der Waals surface area contributed by atoms with E-state index >= 15 is 0 Å². The summed E-state index contributed by atoms with van der Waals surface area (Å²) < 4.78 is 43.1. The van der Waals surface area contributed by atoms with Crippen molar-refractivity contribution in [3.8, 4) is 11.5 Å². The van der Waals surface area contributed by atoms with Crippen molar-refractivity contribution in [2.45, 2.75) is 6.18 Å². The first-order valence-corrected chi connectivity index (χ1v) is 5.35. The molecule has 19 heavy (non-hydrogen) atoms. The number of halogens is 3. The molecule has 2 aromatic heterocycles. The largest absolute Gasteiger partial charge is 0.454 e. The van der Waals surface area contributed by atoms with E-state index in [0.717, 1.165) is 12.1 Å². The van der Waals surface area contributed by atoms with Gasteiger partial charge in [-0.25, -0.2) is 0 Å². The van der Waals surface area contributed by atoms with Gasteiger partial charge in [-0.2, -0.15) is 18.3 Å². The number of benzene rings is 1. The third-order valence-electron chi connectivity index (χ3n) is 2.71. The van der Waals surface area contributed by atoms with Gasteiger partial charge in [0.2, 0.25) is 0 Å². The SMILES string of the molecule is Nc1cc(-c2cc3ccc(C(F)(F)F)cc3o2)[nH]n1. The molecule has 0 fully saturated rings. The van der Waals surface area contributed by atoms with Crippen LogP contribution >= 0.6 is 0 Å². The number of aromatic amines is 1. The van der Waals surface area contributed by atoms with Crippen molar-refractivity contribution in [3.05, 3.63) is 35.9 Å². The Hall–Kier alpha value is -2.44.